The van der Waals surface area contributed by atoms with Crippen molar-refractivity contribution in [1.29, 1.82) is 0 Å². The Morgan fingerprint density at radius 2 is 1.61 bits per heavy atom. The quantitative estimate of drug-likeness (QED) is 0.337. The fourth-order valence-corrected chi connectivity index (χ4v) is 4.53. The first-order valence-corrected chi connectivity index (χ1v) is 12.7. The zero-order valence-electron chi connectivity index (χ0n) is 22.4. The van der Waals surface area contributed by atoms with Crippen LogP contribution in [0.2, 0.25) is 0 Å². The average Bonchev–Trinajstić information content (AvgIpc) is 2.89. The van der Waals surface area contributed by atoms with Crippen LogP contribution in [-0.4, -0.2) is 0 Å². The summed E-state index contributed by atoms with van der Waals surface area (Å²) in [6, 6.07) is 15.2. The van der Waals surface area contributed by atoms with E-state index >= 15 is 0 Å². The van der Waals surface area contributed by atoms with Crippen molar-refractivity contribution in [3.8, 4) is 11.1 Å². The van der Waals surface area contributed by atoms with E-state index < -0.39 is 0 Å². The highest BCUT2D eigenvalue weighted by Crippen LogP contribution is 2.31. The molecule has 0 bridgehead atoms. The van der Waals surface area contributed by atoms with Gasteiger partial charge in [-0.05, 0) is 101 Å². The first kappa shape index (κ1) is 26.7. The highest BCUT2D eigenvalue weighted by molar-refractivity contribution is 5.74. The van der Waals surface area contributed by atoms with Gasteiger partial charge in [0.25, 0.3) is 0 Å². The van der Waals surface area contributed by atoms with Gasteiger partial charge in [0, 0.05) is 0 Å². The van der Waals surface area contributed by atoms with Crippen LogP contribution in [0.3, 0.4) is 0 Å². The van der Waals surface area contributed by atoms with Gasteiger partial charge in [-0.3, -0.25) is 0 Å². The zero-order valence-corrected chi connectivity index (χ0v) is 22.4. The van der Waals surface area contributed by atoms with Gasteiger partial charge in [-0.2, -0.15) is 0 Å². The van der Waals surface area contributed by atoms with Crippen molar-refractivity contribution < 1.29 is 0 Å². The minimum absolute atomic E-state index is 0.366. The van der Waals surface area contributed by atoms with Crippen molar-refractivity contribution in [2.75, 3.05) is 0 Å². The van der Waals surface area contributed by atoms with Crippen molar-refractivity contribution in [3.05, 3.63) is 161 Å². The lowest BCUT2D eigenvalue weighted by Gasteiger charge is -2.19. The standard InChI is InChI=1S/C36H38/c1-8-12-16-33-24-31(10-3)28(7)22-34(33)25-32(11-4)30(9-2)21-20-29-19-18-27(6)36(23-29)35-17-14-13-15-26(35)5/h8-25,28H,1,4H2,2-3,5-7H3/b16-12-,21-20+,30-9+,31-10-,32-25+. The molecule has 0 fully saturated rings. The van der Waals surface area contributed by atoms with Gasteiger partial charge < -0.3 is 0 Å². The minimum atomic E-state index is 0.366. The van der Waals surface area contributed by atoms with Crippen molar-refractivity contribution in [1.82, 2.24) is 0 Å². The van der Waals surface area contributed by atoms with Crippen LogP contribution in [0.1, 0.15) is 37.5 Å². The molecule has 0 heterocycles. The molecule has 1 atom stereocenters. The molecule has 1 aliphatic rings. The van der Waals surface area contributed by atoms with E-state index in [9.17, 15) is 0 Å². The summed E-state index contributed by atoms with van der Waals surface area (Å²) in [5.41, 5.74) is 12.3. The molecule has 1 unspecified atom stereocenters. The molecule has 0 radical (unpaired) electrons. The summed E-state index contributed by atoms with van der Waals surface area (Å²) in [4.78, 5) is 0. The van der Waals surface area contributed by atoms with E-state index in [0.717, 1.165) is 11.1 Å². The van der Waals surface area contributed by atoms with E-state index in [-0.39, 0.29) is 0 Å². The summed E-state index contributed by atoms with van der Waals surface area (Å²) in [5, 5.41) is 0. The lowest BCUT2D eigenvalue weighted by Crippen LogP contribution is -2.03. The number of rotatable bonds is 8. The molecular weight excluding hydrogens is 432 g/mol. The molecule has 0 aromatic heterocycles. The van der Waals surface area contributed by atoms with Crippen LogP contribution < -0.4 is 0 Å². The summed E-state index contributed by atoms with van der Waals surface area (Å²) >= 11 is 0. The summed E-state index contributed by atoms with van der Waals surface area (Å²) in [6.07, 6.45) is 23.4. The van der Waals surface area contributed by atoms with Crippen molar-refractivity contribution in [2.45, 2.75) is 34.6 Å². The van der Waals surface area contributed by atoms with Crippen LogP contribution >= 0.6 is 0 Å². The predicted molar refractivity (Wildman–Crippen MR) is 161 cm³/mol. The van der Waals surface area contributed by atoms with Gasteiger partial charge in [0.05, 0.1) is 0 Å². The van der Waals surface area contributed by atoms with E-state index in [2.05, 4.69) is 139 Å². The highest BCUT2D eigenvalue weighted by Gasteiger charge is 2.14. The Labute approximate surface area is 218 Å². The maximum Gasteiger partial charge on any atom is -0.000427 e. The first-order chi connectivity index (χ1) is 17.4. The number of aryl methyl sites for hydroxylation is 2. The summed E-state index contributed by atoms with van der Waals surface area (Å²) in [6.45, 7) is 18.7. The predicted octanol–water partition coefficient (Wildman–Crippen LogP) is 10.2. The van der Waals surface area contributed by atoms with Crippen LogP contribution in [0.5, 0.6) is 0 Å². The smallest absolute Gasteiger partial charge is 0.000427 e. The summed E-state index contributed by atoms with van der Waals surface area (Å²) in [7, 11) is 0. The number of hydrogen-bond acceptors (Lipinski definition) is 0. The molecule has 182 valence electrons. The maximum absolute atomic E-state index is 4.13. The van der Waals surface area contributed by atoms with E-state index in [0.29, 0.717) is 5.92 Å². The highest BCUT2D eigenvalue weighted by atomic mass is 14.2. The lowest BCUT2D eigenvalue weighted by atomic mass is 9.85. The molecule has 0 saturated carbocycles. The fourth-order valence-electron chi connectivity index (χ4n) is 4.53. The van der Waals surface area contributed by atoms with E-state index in [1.165, 1.54) is 44.5 Å². The second kappa shape index (κ2) is 12.7. The molecule has 3 rings (SSSR count). The molecule has 0 aliphatic heterocycles. The van der Waals surface area contributed by atoms with Gasteiger partial charge in [-0.25, -0.2) is 0 Å². The Hall–Kier alpha value is -3.90. The first-order valence-electron chi connectivity index (χ1n) is 12.7. The zero-order chi connectivity index (χ0) is 26.1. The number of hydrogen-bond donors (Lipinski definition) is 0. The molecule has 0 spiro atoms. The third-order valence-electron chi connectivity index (χ3n) is 6.68. The Balaban J connectivity index is 1.96. The third kappa shape index (κ3) is 6.40. The fraction of sp³-hybridized carbons (Fsp3) is 0.167. The van der Waals surface area contributed by atoms with Crippen molar-refractivity contribution >= 4 is 6.08 Å². The van der Waals surface area contributed by atoms with E-state index in [1.54, 1.807) is 0 Å². The molecule has 2 aromatic rings. The largest absolute Gasteiger partial charge is 0.0991 e. The van der Waals surface area contributed by atoms with Crippen LogP contribution in [0.15, 0.2) is 144 Å². The molecule has 0 N–H and O–H groups in total. The summed E-state index contributed by atoms with van der Waals surface area (Å²) in [5.74, 6) is 0.366. The maximum atomic E-state index is 4.13. The Morgan fingerprint density at radius 1 is 0.861 bits per heavy atom. The normalized spacial score (nSPS) is 18.0. The van der Waals surface area contributed by atoms with Gasteiger partial charge in [0.15, 0.2) is 0 Å². The van der Waals surface area contributed by atoms with Crippen molar-refractivity contribution in [2.24, 2.45) is 5.92 Å². The van der Waals surface area contributed by atoms with Gasteiger partial charge in [0.1, 0.15) is 0 Å². The lowest BCUT2D eigenvalue weighted by molar-refractivity contribution is 0.869. The molecule has 36 heavy (non-hydrogen) atoms. The van der Waals surface area contributed by atoms with Crippen LogP contribution in [-0.2, 0) is 0 Å². The average molecular weight is 471 g/mol. The monoisotopic (exact) mass is 470 g/mol. The SMILES string of the molecule is C=C/C=C\C1=CC(=C/C)/C(C)C=C1/C=C(C=C)/C(/C=C/c1ccc(C)c(-c2ccccc2C)c1)=C/C. The number of allylic oxidation sites excluding steroid dienone is 15. The van der Waals surface area contributed by atoms with Crippen LogP contribution in [0.25, 0.3) is 17.2 Å². The molecule has 0 saturated heterocycles. The number of benzene rings is 2. The van der Waals surface area contributed by atoms with E-state index in [1.807, 2.05) is 18.2 Å². The third-order valence-corrected chi connectivity index (χ3v) is 6.68. The van der Waals surface area contributed by atoms with Gasteiger partial charge >= 0.3 is 0 Å². The Bertz CT molecular complexity index is 1340. The molecule has 0 heteroatoms. The van der Waals surface area contributed by atoms with Crippen LogP contribution in [0.4, 0.5) is 0 Å². The topological polar surface area (TPSA) is 0 Å². The molecule has 0 nitrogen and oxygen atoms in total. The second-order valence-corrected chi connectivity index (χ2v) is 9.16. The molecule has 2 aromatic carbocycles. The molecule has 1 aliphatic carbocycles. The summed E-state index contributed by atoms with van der Waals surface area (Å²) < 4.78 is 0. The second-order valence-electron chi connectivity index (χ2n) is 9.16. The Kier molecular flexibility index (Phi) is 9.42. The Morgan fingerprint density at radius 3 is 2.28 bits per heavy atom. The van der Waals surface area contributed by atoms with Crippen molar-refractivity contribution in [3.63, 3.8) is 0 Å². The van der Waals surface area contributed by atoms with Gasteiger partial charge in [-0.1, -0.05) is 117 Å². The molecule has 0 amide bonds. The minimum Gasteiger partial charge on any atom is -0.0991 e. The van der Waals surface area contributed by atoms with Crippen LogP contribution in [0, 0.1) is 19.8 Å². The van der Waals surface area contributed by atoms with Gasteiger partial charge in [-0.15, -0.1) is 0 Å². The van der Waals surface area contributed by atoms with E-state index in [4.69, 9.17) is 0 Å². The van der Waals surface area contributed by atoms with Gasteiger partial charge in [0.2, 0.25) is 0 Å². The molecular formula is C36H38.